The van der Waals surface area contributed by atoms with Crippen LogP contribution in [-0.4, -0.2) is 14.5 Å². The van der Waals surface area contributed by atoms with Gasteiger partial charge in [-0.25, -0.2) is 13.1 Å². The molecule has 0 amide bonds. The molecule has 20 heavy (non-hydrogen) atoms. The van der Waals surface area contributed by atoms with Gasteiger partial charge in [-0.1, -0.05) is 25.1 Å². The number of rotatable bonds is 4. The van der Waals surface area contributed by atoms with E-state index in [9.17, 15) is 8.42 Å². The van der Waals surface area contributed by atoms with Gasteiger partial charge in [0.05, 0.1) is 17.4 Å². The van der Waals surface area contributed by atoms with Gasteiger partial charge < -0.3 is 0 Å². The topological polar surface area (TPSA) is 70.0 Å². The summed E-state index contributed by atoms with van der Waals surface area (Å²) < 4.78 is 27.2. The number of hydrogen-bond acceptors (Lipinski definition) is 3. The normalized spacial score (nSPS) is 23.2. The molecule has 0 bridgehead atoms. The van der Waals surface area contributed by atoms with Crippen molar-refractivity contribution in [2.75, 3.05) is 0 Å². The zero-order valence-electron chi connectivity index (χ0n) is 11.7. The molecule has 0 atom stereocenters. The number of nitriles is 1. The van der Waals surface area contributed by atoms with E-state index in [1.165, 1.54) is 0 Å². The van der Waals surface area contributed by atoms with Gasteiger partial charge in [0.1, 0.15) is 0 Å². The molecule has 0 aromatic heterocycles. The van der Waals surface area contributed by atoms with Crippen LogP contribution in [0.3, 0.4) is 0 Å². The molecule has 0 unspecified atom stereocenters. The molecule has 1 aliphatic carbocycles. The first-order chi connectivity index (χ1) is 9.50. The number of benzene rings is 1. The van der Waals surface area contributed by atoms with Crippen molar-refractivity contribution >= 4 is 10.0 Å². The third kappa shape index (κ3) is 4.06. The summed E-state index contributed by atoms with van der Waals surface area (Å²) in [6.07, 6.45) is 3.95. The highest BCUT2D eigenvalue weighted by Gasteiger charge is 2.23. The summed E-state index contributed by atoms with van der Waals surface area (Å²) in [7, 11) is -3.39. The minimum atomic E-state index is -3.39. The molecule has 0 spiro atoms. The Labute approximate surface area is 120 Å². The second kappa shape index (κ2) is 6.38. The molecule has 1 N–H and O–H groups in total. The highest BCUT2D eigenvalue weighted by Crippen LogP contribution is 2.24. The van der Waals surface area contributed by atoms with Crippen LogP contribution in [0.1, 0.15) is 43.7 Å². The Bertz CT molecular complexity index is 597. The van der Waals surface area contributed by atoms with Crippen LogP contribution in [0.15, 0.2) is 24.3 Å². The molecule has 1 fully saturated rings. The number of sulfonamides is 1. The Morgan fingerprint density at radius 2 is 1.90 bits per heavy atom. The molecule has 0 aliphatic heterocycles. The lowest BCUT2D eigenvalue weighted by Gasteiger charge is -2.26. The van der Waals surface area contributed by atoms with Gasteiger partial charge in [0.2, 0.25) is 10.0 Å². The minimum absolute atomic E-state index is 0.0467. The van der Waals surface area contributed by atoms with Gasteiger partial charge in [0.15, 0.2) is 0 Å². The first kappa shape index (κ1) is 15.0. The molecule has 108 valence electrons. The van der Waals surface area contributed by atoms with Crippen LogP contribution >= 0.6 is 0 Å². The summed E-state index contributed by atoms with van der Waals surface area (Å²) in [6, 6.07) is 8.92. The van der Waals surface area contributed by atoms with E-state index in [4.69, 9.17) is 5.26 Å². The first-order valence-electron chi connectivity index (χ1n) is 6.98. The maximum atomic E-state index is 12.2. The van der Waals surface area contributed by atoms with Crippen LogP contribution in [0.25, 0.3) is 0 Å². The van der Waals surface area contributed by atoms with Crippen LogP contribution < -0.4 is 4.72 Å². The summed E-state index contributed by atoms with van der Waals surface area (Å²) in [4.78, 5) is 0. The van der Waals surface area contributed by atoms with Gasteiger partial charge in [-0.05, 0) is 43.2 Å². The highest BCUT2D eigenvalue weighted by molar-refractivity contribution is 7.88. The monoisotopic (exact) mass is 292 g/mol. The Balaban J connectivity index is 2.03. The summed E-state index contributed by atoms with van der Waals surface area (Å²) in [6.45, 7) is 2.20. The predicted molar refractivity (Wildman–Crippen MR) is 78.3 cm³/mol. The van der Waals surface area contributed by atoms with Crippen LogP contribution in [0, 0.1) is 17.2 Å². The van der Waals surface area contributed by atoms with E-state index < -0.39 is 10.0 Å². The van der Waals surface area contributed by atoms with E-state index >= 15 is 0 Å². The van der Waals surface area contributed by atoms with Crippen LogP contribution in [-0.2, 0) is 15.8 Å². The molecule has 5 heteroatoms. The first-order valence-corrected chi connectivity index (χ1v) is 8.63. The predicted octanol–water partition coefficient (Wildman–Crippen LogP) is 2.56. The van der Waals surface area contributed by atoms with Gasteiger partial charge in [-0.3, -0.25) is 0 Å². The second-order valence-electron chi connectivity index (χ2n) is 5.60. The molecule has 1 saturated carbocycles. The molecular formula is C15H20N2O2S. The van der Waals surface area contributed by atoms with Crippen molar-refractivity contribution in [3.05, 3.63) is 35.4 Å². The second-order valence-corrected chi connectivity index (χ2v) is 7.36. The zero-order valence-corrected chi connectivity index (χ0v) is 12.5. The quantitative estimate of drug-likeness (QED) is 0.927. The minimum Gasteiger partial charge on any atom is -0.212 e. The van der Waals surface area contributed by atoms with Gasteiger partial charge in [-0.15, -0.1) is 0 Å². The van der Waals surface area contributed by atoms with Crippen LogP contribution in [0.4, 0.5) is 0 Å². The lowest BCUT2D eigenvalue weighted by Crippen LogP contribution is -2.38. The molecule has 0 heterocycles. The third-order valence-corrected chi connectivity index (χ3v) is 5.23. The van der Waals surface area contributed by atoms with E-state index in [-0.39, 0.29) is 11.8 Å². The molecule has 4 nitrogen and oxygen atoms in total. The molecule has 0 saturated heterocycles. The Kier molecular flexibility index (Phi) is 4.79. The van der Waals surface area contributed by atoms with Crippen molar-refractivity contribution in [1.82, 2.24) is 4.72 Å². The number of nitrogens with zero attached hydrogens (tertiary/aromatic N) is 1. The molecule has 1 aromatic carbocycles. The number of hydrogen-bond donors (Lipinski definition) is 1. The van der Waals surface area contributed by atoms with Crippen molar-refractivity contribution in [3.8, 4) is 6.07 Å². The summed E-state index contributed by atoms with van der Waals surface area (Å²) >= 11 is 0. The van der Waals surface area contributed by atoms with Crippen molar-refractivity contribution in [2.24, 2.45) is 5.92 Å². The van der Waals surface area contributed by atoms with E-state index in [1.807, 2.05) is 6.07 Å². The molecule has 0 radical (unpaired) electrons. The Morgan fingerprint density at radius 3 is 2.55 bits per heavy atom. The molecule has 2 rings (SSSR count). The average molecular weight is 292 g/mol. The van der Waals surface area contributed by atoms with Crippen molar-refractivity contribution in [2.45, 2.75) is 44.4 Å². The van der Waals surface area contributed by atoms with Gasteiger partial charge in [0.25, 0.3) is 0 Å². The van der Waals surface area contributed by atoms with E-state index in [2.05, 4.69) is 11.6 Å². The van der Waals surface area contributed by atoms with E-state index in [0.717, 1.165) is 25.7 Å². The summed E-state index contributed by atoms with van der Waals surface area (Å²) in [5, 5.41) is 9.00. The van der Waals surface area contributed by atoms with Gasteiger partial charge >= 0.3 is 0 Å². The molecular weight excluding hydrogens is 272 g/mol. The highest BCUT2D eigenvalue weighted by atomic mass is 32.2. The van der Waals surface area contributed by atoms with Crippen LogP contribution in [0.5, 0.6) is 0 Å². The fraction of sp³-hybridized carbons (Fsp3) is 0.533. The SMILES string of the molecule is CC1CCC(NS(=O)(=O)Cc2ccccc2C#N)CC1. The van der Waals surface area contributed by atoms with E-state index in [1.54, 1.807) is 24.3 Å². The smallest absolute Gasteiger partial charge is 0.212 e. The fourth-order valence-corrected chi connectivity index (χ4v) is 4.12. The molecule has 1 aromatic rings. The standard InChI is InChI=1S/C15H20N2O2S/c1-12-6-8-15(9-7-12)17-20(18,19)11-14-5-3-2-4-13(14)10-16/h2-5,12,15,17H,6-9,11H2,1H3. The lowest BCUT2D eigenvalue weighted by molar-refractivity contribution is 0.332. The average Bonchev–Trinajstić information content (AvgIpc) is 2.41. The zero-order chi connectivity index (χ0) is 14.6. The lowest BCUT2D eigenvalue weighted by atomic mass is 9.88. The summed E-state index contributed by atoms with van der Waals surface area (Å²) in [5.74, 6) is 0.568. The maximum Gasteiger partial charge on any atom is 0.216 e. The van der Waals surface area contributed by atoms with Crippen molar-refractivity contribution in [3.63, 3.8) is 0 Å². The van der Waals surface area contributed by atoms with Gasteiger partial charge in [0, 0.05) is 6.04 Å². The third-order valence-electron chi connectivity index (χ3n) is 3.85. The number of nitrogens with one attached hydrogen (secondary N) is 1. The van der Waals surface area contributed by atoms with Crippen LogP contribution in [0.2, 0.25) is 0 Å². The van der Waals surface area contributed by atoms with Crippen molar-refractivity contribution < 1.29 is 8.42 Å². The molecule has 1 aliphatic rings. The van der Waals surface area contributed by atoms with Crippen molar-refractivity contribution in [1.29, 1.82) is 5.26 Å². The van der Waals surface area contributed by atoms with E-state index in [0.29, 0.717) is 17.0 Å². The fourth-order valence-electron chi connectivity index (χ4n) is 2.63. The Hall–Kier alpha value is -1.38. The summed E-state index contributed by atoms with van der Waals surface area (Å²) in [5.41, 5.74) is 0.988. The Morgan fingerprint density at radius 1 is 1.25 bits per heavy atom. The maximum absolute atomic E-state index is 12.2. The van der Waals surface area contributed by atoms with Gasteiger partial charge in [-0.2, -0.15) is 5.26 Å². The largest absolute Gasteiger partial charge is 0.216 e.